The first-order valence-corrected chi connectivity index (χ1v) is 6.26. The zero-order valence-electron chi connectivity index (χ0n) is 10.4. The van der Waals surface area contributed by atoms with Crippen LogP contribution in [0.3, 0.4) is 0 Å². The van der Waals surface area contributed by atoms with Gasteiger partial charge in [0.2, 0.25) is 5.91 Å². The van der Waals surface area contributed by atoms with Crippen molar-refractivity contribution in [2.24, 2.45) is 0 Å². The van der Waals surface area contributed by atoms with Crippen LogP contribution in [0.2, 0.25) is 0 Å². The molecule has 0 bridgehead atoms. The number of benzene rings is 1. The molecule has 0 saturated carbocycles. The van der Waals surface area contributed by atoms with E-state index in [1.165, 1.54) is 4.90 Å². The summed E-state index contributed by atoms with van der Waals surface area (Å²) < 4.78 is 0.688. The van der Waals surface area contributed by atoms with Crippen molar-refractivity contribution in [1.29, 1.82) is 0 Å². The highest BCUT2D eigenvalue weighted by Gasteiger charge is 2.13. The predicted molar refractivity (Wildman–Crippen MR) is 74.2 cm³/mol. The third kappa shape index (κ3) is 3.73. The zero-order chi connectivity index (χ0) is 13.7. The van der Waals surface area contributed by atoms with E-state index in [0.29, 0.717) is 22.3 Å². The Morgan fingerprint density at radius 3 is 2.67 bits per heavy atom. The molecule has 0 aliphatic heterocycles. The highest BCUT2D eigenvalue weighted by Crippen LogP contribution is 2.21. The minimum absolute atomic E-state index is 0.0897. The third-order valence-electron chi connectivity index (χ3n) is 2.55. The maximum Gasteiger partial charge on any atom is 0.253 e. The van der Waals surface area contributed by atoms with E-state index >= 15 is 0 Å². The number of hydrogen-bond donors (Lipinski definition) is 2. The molecule has 0 aliphatic rings. The summed E-state index contributed by atoms with van der Waals surface area (Å²) in [6, 6.07) is 5.01. The van der Waals surface area contributed by atoms with Crippen LogP contribution in [-0.4, -0.2) is 37.4 Å². The van der Waals surface area contributed by atoms with Crippen LogP contribution < -0.4 is 11.1 Å². The van der Waals surface area contributed by atoms with Gasteiger partial charge in [0.1, 0.15) is 0 Å². The van der Waals surface area contributed by atoms with Crippen LogP contribution >= 0.6 is 15.9 Å². The minimum atomic E-state index is -0.139. The monoisotopic (exact) mass is 313 g/mol. The lowest BCUT2D eigenvalue weighted by molar-refractivity contribution is -0.120. The molecule has 98 valence electrons. The van der Waals surface area contributed by atoms with E-state index in [-0.39, 0.29) is 18.2 Å². The lowest BCUT2D eigenvalue weighted by Gasteiger charge is -2.17. The van der Waals surface area contributed by atoms with E-state index in [0.717, 1.165) is 0 Å². The summed E-state index contributed by atoms with van der Waals surface area (Å²) in [7, 11) is 3.23. The average Bonchev–Trinajstić information content (AvgIpc) is 2.37. The minimum Gasteiger partial charge on any atom is -0.398 e. The molecule has 0 atom stereocenters. The van der Waals surface area contributed by atoms with Crippen molar-refractivity contribution < 1.29 is 9.59 Å². The van der Waals surface area contributed by atoms with Crippen molar-refractivity contribution in [3.8, 4) is 0 Å². The Hall–Kier alpha value is -1.56. The van der Waals surface area contributed by atoms with Gasteiger partial charge in [-0.2, -0.15) is 0 Å². The average molecular weight is 314 g/mol. The quantitative estimate of drug-likeness (QED) is 0.821. The van der Waals surface area contributed by atoms with E-state index in [9.17, 15) is 9.59 Å². The summed E-state index contributed by atoms with van der Waals surface area (Å²) in [6.07, 6.45) is 0.287. The number of carbonyl (C=O) groups excluding carboxylic acids is 2. The molecular weight excluding hydrogens is 298 g/mol. The summed E-state index contributed by atoms with van der Waals surface area (Å²) >= 11 is 3.28. The second-order valence-electron chi connectivity index (χ2n) is 3.89. The largest absolute Gasteiger partial charge is 0.398 e. The van der Waals surface area contributed by atoms with Gasteiger partial charge in [0.05, 0.1) is 0 Å². The van der Waals surface area contributed by atoms with Crippen molar-refractivity contribution in [3.63, 3.8) is 0 Å². The summed E-state index contributed by atoms with van der Waals surface area (Å²) in [5, 5.41) is 2.51. The Morgan fingerprint density at radius 2 is 2.11 bits per heavy atom. The van der Waals surface area contributed by atoms with Gasteiger partial charge < -0.3 is 16.0 Å². The normalized spacial score (nSPS) is 9.94. The lowest BCUT2D eigenvalue weighted by Crippen LogP contribution is -2.31. The Kier molecular flexibility index (Phi) is 5.15. The number of carbonyl (C=O) groups is 2. The standard InChI is InChI=1S/C12H16BrN3O2/c1-15-11(17)5-6-16(2)12(18)8-3-4-10(14)9(13)7-8/h3-4,7H,5-6,14H2,1-2H3,(H,15,17). The molecule has 0 fully saturated rings. The van der Waals surface area contributed by atoms with Gasteiger partial charge >= 0.3 is 0 Å². The highest BCUT2D eigenvalue weighted by atomic mass is 79.9. The fraction of sp³-hybridized carbons (Fsp3) is 0.333. The topological polar surface area (TPSA) is 75.4 Å². The van der Waals surface area contributed by atoms with E-state index in [1.807, 2.05) is 0 Å². The molecule has 0 radical (unpaired) electrons. The smallest absolute Gasteiger partial charge is 0.253 e. The summed E-state index contributed by atoms with van der Waals surface area (Å²) in [6.45, 7) is 0.375. The summed E-state index contributed by atoms with van der Waals surface area (Å²) in [5.74, 6) is -0.229. The van der Waals surface area contributed by atoms with Crippen molar-refractivity contribution in [2.45, 2.75) is 6.42 Å². The van der Waals surface area contributed by atoms with Crippen molar-refractivity contribution in [2.75, 3.05) is 26.4 Å². The molecule has 0 heterocycles. The van der Waals surface area contributed by atoms with E-state index in [4.69, 9.17) is 5.73 Å². The number of halogens is 1. The maximum absolute atomic E-state index is 12.0. The van der Waals surface area contributed by atoms with Crippen LogP contribution in [0.4, 0.5) is 5.69 Å². The van der Waals surface area contributed by atoms with Crippen LogP contribution in [0.5, 0.6) is 0 Å². The molecule has 1 aromatic rings. The van der Waals surface area contributed by atoms with Crippen molar-refractivity contribution in [3.05, 3.63) is 28.2 Å². The Balaban J connectivity index is 2.68. The molecule has 18 heavy (non-hydrogen) atoms. The molecule has 0 saturated heterocycles. The van der Waals surface area contributed by atoms with Gasteiger partial charge in [-0.15, -0.1) is 0 Å². The van der Waals surface area contributed by atoms with Crippen LogP contribution in [0.25, 0.3) is 0 Å². The van der Waals surface area contributed by atoms with E-state index < -0.39 is 0 Å². The molecule has 0 aromatic heterocycles. The number of rotatable bonds is 4. The maximum atomic E-state index is 12.0. The second-order valence-corrected chi connectivity index (χ2v) is 4.74. The number of hydrogen-bond acceptors (Lipinski definition) is 3. The van der Waals surface area contributed by atoms with Crippen LogP contribution in [-0.2, 0) is 4.79 Å². The molecule has 0 aliphatic carbocycles. The van der Waals surface area contributed by atoms with Gasteiger partial charge in [0.25, 0.3) is 5.91 Å². The Morgan fingerprint density at radius 1 is 1.44 bits per heavy atom. The molecule has 5 nitrogen and oxygen atoms in total. The zero-order valence-corrected chi connectivity index (χ0v) is 12.0. The van der Waals surface area contributed by atoms with Gasteiger partial charge in [-0.25, -0.2) is 0 Å². The number of nitrogens with two attached hydrogens (primary N) is 1. The number of nitrogens with one attached hydrogen (secondary N) is 1. The Bertz CT molecular complexity index is 463. The summed E-state index contributed by atoms with van der Waals surface area (Å²) in [4.78, 5) is 24.6. The third-order valence-corrected chi connectivity index (χ3v) is 3.23. The number of nitrogens with zero attached hydrogens (tertiary/aromatic N) is 1. The molecule has 1 rings (SSSR count). The van der Waals surface area contributed by atoms with E-state index in [2.05, 4.69) is 21.2 Å². The number of anilines is 1. The van der Waals surface area contributed by atoms with E-state index in [1.54, 1.807) is 32.3 Å². The van der Waals surface area contributed by atoms with Gasteiger partial charge in [-0.3, -0.25) is 9.59 Å². The van der Waals surface area contributed by atoms with Gasteiger partial charge in [0, 0.05) is 42.8 Å². The van der Waals surface area contributed by atoms with Crippen molar-refractivity contribution >= 4 is 33.4 Å². The first-order valence-electron chi connectivity index (χ1n) is 5.46. The molecule has 2 amide bonds. The molecular formula is C12H16BrN3O2. The fourth-order valence-corrected chi connectivity index (χ4v) is 1.76. The van der Waals surface area contributed by atoms with Crippen LogP contribution in [0.15, 0.2) is 22.7 Å². The first-order chi connectivity index (χ1) is 8.45. The second kappa shape index (κ2) is 6.39. The highest BCUT2D eigenvalue weighted by molar-refractivity contribution is 9.10. The van der Waals surface area contributed by atoms with Crippen molar-refractivity contribution in [1.82, 2.24) is 10.2 Å². The lowest BCUT2D eigenvalue weighted by atomic mass is 10.2. The SMILES string of the molecule is CNC(=O)CCN(C)C(=O)c1ccc(N)c(Br)c1. The molecule has 0 unspecified atom stereocenters. The molecule has 1 aromatic carbocycles. The van der Waals surface area contributed by atoms with Gasteiger partial charge in [-0.1, -0.05) is 0 Å². The Labute approximate surface area is 114 Å². The molecule has 6 heteroatoms. The fourth-order valence-electron chi connectivity index (χ4n) is 1.38. The van der Waals surface area contributed by atoms with Gasteiger partial charge in [-0.05, 0) is 34.1 Å². The molecule has 0 spiro atoms. The first kappa shape index (κ1) is 14.5. The summed E-state index contributed by atoms with van der Waals surface area (Å²) in [5.41, 5.74) is 6.78. The molecule has 3 N–H and O–H groups in total. The number of nitrogen functional groups attached to an aromatic ring is 1. The van der Waals surface area contributed by atoms with Gasteiger partial charge in [0.15, 0.2) is 0 Å². The van der Waals surface area contributed by atoms with Crippen LogP contribution in [0.1, 0.15) is 16.8 Å². The number of amides is 2. The predicted octanol–water partition coefficient (Wildman–Crippen LogP) is 1.24. The van der Waals surface area contributed by atoms with Crippen LogP contribution in [0, 0.1) is 0 Å².